The Morgan fingerprint density at radius 2 is 2.00 bits per heavy atom. The highest BCUT2D eigenvalue weighted by atomic mass is 16.3. The van der Waals surface area contributed by atoms with Gasteiger partial charge in [0.15, 0.2) is 0 Å². The highest BCUT2D eigenvalue weighted by molar-refractivity contribution is 5.94. The largest absolute Gasteiger partial charge is 0.379 e. The number of benzene rings is 1. The second kappa shape index (κ2) is 5.49. The molecule has 1 aromatic heterocycles. The van der Waals surface area contributed by atoms with E-state index in [9.17, 15) is 9.90 Å². The normalized spacial score (nSPS) is 20.9. The van der Waals surface area contributed by atoms with Crippen LogP contribution in [0.2, 0.25) is 0 Å². The molecule has 5 heteroatoms. The summed E-state index contributed by atoms with van der Waals surface area (Å²) >= 11 is 0. The molecule has 5 nitrogen and oxygen atoms in total. The van der Waals surface area contributed by atoms with Crippen LogP contribution in [0.5, 0.6) is 0 Å². The molecule has 0 bridgehead atoms. The third-order valence-corrected chi connectivity index (χ3v) is 4.19. The average Bonchev–Trinajstić information content (AvgIpc) is 2.96. The lowest BCUT2D eigenvalue weighted by Crippen LogP contribution is -2.40. The van der Waals surface area contributed by atoms with Crippen molar-refractivity contribution in [3.05, 3.63) is 53.6 Å². The van der Waals surface area contributed by atoms with Gasteiger partial charge in [-0.3, -0.25) is 4.79 Å². The monoisotopic (exact) mass is 313 g/mol. The lowest BCUT2D eigenvalue weighted by molar-refractivity contribution is 0.0468. The molecule has 1 aromatic carbocycles. The van der Waals surface area contributed by atoms with E-state index in [-0.39, 0.29) is 11.4 Å². The zero-order valence-corrected chi connectivity index (χ0v) is 13.8. The first kappa shape index (κ1) is 15.7. The molecule has 0 saturated heterocycles. The van der Waals surface area contributed by atoms with E-state index < -0.39 is 5.60 Å². The standard InChI is InChI=1S/C18H23N3O2/c1-17(2,3)20-16(22)13-5-7-14(8-6-13)18(23)9-4-10-21-12-19-11-15(18)21/h5-8,11-12,23H,4,9-10H2,1-3H3,(H,20,22). The fourth-order valence-corrected chi connectivity index (χ4v) is 3.08. The van der Waals surface area contributed by atoms with Crippen LogP contribution < -0.4 is 5.32 Å². The second-order valence-corrected chi connectivity index (χ2v) is 7.22. The van der Waals surface area contributed by atoms with Crippen LogP contribution in [0.1, 0.15) is 55.2 Å². The van der Waals surface area contributed by atoms with Crippen LogP contribution in [0.25, 0.3) is 0 Å². The quantitative estimate of drug-likeness (QED) is 0.895. The fourth-order valence-electron chi connectivity index (χ4n) is 3.08. The predicted octanol–water partition coefficient (Wildman–Crippen LogP) is 2.44. The maximum absolute atomic E-state index is 12.2. The van der Waals surface area contributed by atoms with Gasteiger partial charge in [-0.25, -0.2) is 4.98 Å². The van der Waals surface area contributed by atoms with E-state index in [0.29, 0.717) is 12.0 Å². The maximum Gasteiger partial charge on any atom is 0.251 e. The number of nitrogens with one attached hydrogen (secondary N) is 1. The number of amides is 1. The number of aryl methyl sites for hydroxylation is 1. The zero-order valence-electron chi connectivity index (χ0n) is 13.8. The van der Waals surface area contributed by atoms with Crippen molar-refractivity contribution in [3.63, 3.8) is 0 Å². The number of fused-ring (bicyclic) bond motifs is 1. The van der Waals surface area contributed by atoms with Gasteiger partial charge in [-0.15, -0.1) is 0 Å². The minimum Gasteiger partial charge on any atom is -0.379 e. The lowest BCUT2D eigenvalue weighted by atomic mass is 9.84. The number of imidazole rings is 1. The van der Waals surface area contributed by atoms with Crippen molar-refractivity contribution in [2.24, 2.45) is 0 Å². The summed E-state index contributed by atoms with van der Waals surface area (Å²) in [6, 6.07) is 7.20. The number of carbonyl (C=O) groups excluding carboxylic acids is 1. The number of aliphatic hydroxyl groups is 1. The van der Waals surface area contributed by atoms with Crippen molar-refractivity contribution >= 4 is 5.91 Å². The molecule has 2 N–H and O–H groups in total. The summed E-state index contributed by atoms with van der Waals surface area (Å²) < 4.78 is 1.99. The maximum atomic E-state index is 12.2. The van der Waals surface area contributed by atoms with Crippen LogP contribution in [-0.2, 0) is 12.1 Å². The number of carbonyl (C=O) groups is 1. The summed E-state index contributed by atoms with van der Waals surface area (Å²) in [6.45, 7) is 6.73. The molecule has 23 heavy (non-hydrogen) atoms. The molecule has 0 spiro atoms. The van der Waals surface area contributed by atoms with E-state index >= 15 is 0 Å². The smallest absolute Gasteiger partial charge is 0.251 e. The molecule has 3 rings (SSSR count). The van der Waals surface area contributed by atoms with Gasteiger partial charge in [-0.1, -0.05) is 12.1 Å². The Bertz CT molecular complexity index is 713. The molecule has 0 radical (unpaired) electrons. The lowest BCUT2D eigenvalue weighted by Gasteiger charge is -2.33. The van der Waals surface area contributed by atoms with Gasteiger partial charge in [-0.2, -0.15) is 0 Å². The van der Waals surface area contributed by atoms with E-state index in [0.717, 1.165) is 24.2 Å². The molecule has 1 amide bonds. The number of aromatic nitrogens is 2. The van der Waals surface area contributed by atoms with Crippen LogP contribution in [0, 0.1) is 0 Å². The van der Waals surface area contributed by atoms with Crippen molar-refractivity contribution in [2.75, 3.05) is 0 Å². The summed E-state index contributed by atoms with van der Waals surface area (Å²) in [5.74, 6) is -0.107. The van der Waals surface area contributed by atoms with Crippen LogP contribution in [-0.4, -0.2) is 26.1 Å². The molecule has 1 atom stereocenters. The summed E-state index contributed by atoms with van der Waals surface area (Å²) in [5.41, 5.74) is 0.899. The van der Waals surface area contributed by atoms with Crippen molar-refractivity contribution in [3.8, 4) is 0 Å². The predicted molar refractivity (Wildman–Crippen MR) is 88.1 cm³/mol. The highest BCUT2D eigenvalue weighted by Crippen LogP contribution is 2.37. The number of hydrogen-bond donors (Lipinski definition) is 2. The SMILES string of the molecule is CC(C)(C)NC(=O)c1ccc(C2(O)CCCn3cncc32)cc1. The molecule has 0 saturated carbocycles. The second-order valence-electron chi connectivity index (χ2n) is 7.22. The molecule has 0 fully saturated rings. The Morgan fingerprint density at radius 1 is 1.30 bits per heavy atom. The Balaban J connectivity index is 1.88. The summed E-state index contributed by atoms with van der Waals surface area (Å²) in [7, 11) is 0. The van der Waals surface area contributed by atoms with Crippen LogP contribution in [0.3, 0.4) is 0 Å². The van der Waals surface area contributed by atoms with E-state index in [1.807, 2.05) is 37.5 Å². The summed E-state index contributed by atoms with van der Waals surface area (Å²) in [4.78, 5) is 16.3. The Morgan fingerprint density at radius 3 is 2.65 bits per heavy atom. The molecule has 2 aromatic rings. The fraction of sp³-hybridized carbons (Fsp3) is 0.444. The van der Waals surface area contributed by atoms with Gasteiger partial charge >= 0.3 is 0 Å². The van der Waals surface area contributed by atoms with E-state index in [1.54, 1.807) is 24.7 Å². The zero-order chi connectivity index (χ0) is 16.7. The van der Waals surface area contributed by atoms with Gasteiger partial charge in [0.25, 0.3) is 5.91 Å². The topological polar surface area (TPSA) is 67.2 Å². The molecule has 1 aliphatic rings. The number of nitrogens with zero attached hydrogens (tertiary/aromatic N) is 2. The molecule has 0 aliphatic carbocycles. The van der Waals surface area contributed by atoms with Crippen LogP contribution in [0.4, 0.5) is 0 Å². The molecule has 1 unspecified atom stereocenters. The molecular formula is C18H23N3O2. The van der Waals surface area contributed by atoms with E-state index in [1.165, 1.54) is 0 Å². The third-order valence-electron chi connectivity index (χ3n) is 4.19. The van der Waals surface area contributed by atoms with E-state index in [4.69, 9.17) is 0 Å². The minimum atomic E-state index is -1.03. The number of hydrogen-bond acceptors (Lipinski definition) is 3. The first-order chi connectivity index (χ1) is 10.8. The molecule has 1 aliphatic heterocycles. The summed E-state index contributed by atoms with van der Waals surface area (Å²) in [5, 5.41) is 14.1. The van der Waals surface area contributed by atoms with Gasteiger partial charge in [0, 0.05) is 17.6 Å². The van der Waals surface area contributed by atoms with Crippen molar-refractivity contribution in [1.82, 2.24) is 14.9 Å². The Labute approximate surface area is 136 Å². The molecule has 122 valence electrons. The van der Waals surface area contributed by atoms with Gasteiger partial charge in [0.2, 0.25) is 0 Å². The molecular weight excluding hydrogens is 290 g/mol. The van der Waals surface area contributed by atoms with Crippen molar-refractivity contribution < 1.29 is 9.90 Å². The third kappa shape index (κ3) is 3.01. The molecule has 2 heterocycles. The summed E-state index contributed by atoms with van der Waals surface area (Å²) in [6.07, 6.45) is 5.03. The van der Waals surface area contributed by atoms with E-state index in [2.05, 4.69) is 10.3 Å². The minimum absolute atomic E-state index is 0.107. The first-order valence-electron chi connectivity index (χ1n) is 7.96. The van der Waals surface area contributed by atoms with Gasteiger partial charge in [0.1, 0.15) is 5.60 Å². The van der Waals surface area contributed by atoms with Gasteiger partial charge < -0.3 is 15.0 Å². The van der Waals surface area contributed by atoms with Gasteiger partial charge in [-0.05, 0) is 51.3 Å². The Kier molecular flexibility index (Phi) is 3.76. The average molecular weight is 313 g/mol. The highest BCUT2D eigenvalue weighted by Gasteiger charge is 2.37. The number of rotatable bonds is 2. The van der Waals surface area contributed by atoms with Crippen LogP contribution in [0.15, 0.2) is 36.8 Å². The first-order valence-corrected chi connectivity index (χ1v) is 7.96. The van der Waals surface area contributed by atoms with Crippen LogP contribution >= 0.6 is 0 Å². The van der Waals surface area contributed by atoms with Gasteiger partial charge in [0.05, 0.1) is 18.2 Å². The van der Waals surface area contributed by atoms with Crippen molar-refractivity contribution in [2.45, 2.75) is 51.3 Å². The van der Waals surface area contributed by atoms with Crippen molar-refractivity contribution in [1.29, 1.82) is 0 Å². The Hall–Kier alpha value is -2.14.